The highest BCUT2D eigenvalue weighted by molar-refractivity contribution is 6.05. The first kappa shape index (κ1) is 13.0. The molecule has 0 saturated heterocycles. The molecule has 0 unspecified atom stereocenters. The van der Waals surface area contributed by atoms with Gasteiger partial charge in [-0.1, -0.05) is 17.7 Å². The van der Waals surface area contributed by atoms with Gasteiger partial charge in [0.1, 0.15) is 0 Å². The van der Waals surface area contributed by atoms with Crippen molar-refractivity contribution in [3.8, 4) is 0 Å². The monoisotopic (exact) mass is 233 g/mol. The minimum Gasteiger partial charge on any atom is -0.478 e. The van der Waals surface area contributed by atoms with Gasteiger partial charge in [0.2, 0.25) is 5.91 Å². The number of rotatable bonds is 3. The van der Waals surface area contributed by atoms with E-state index < -0.39 is 5.97 Å². The largest absolute Gasteiger partial charge is 0.478 e. The van der Waals surface area contributed by atoms with Crippen molar-refractivity contribution in [2.45, 2.75) is 20.8 Å². The van der Waals surface area contributed by atoms with Crippen LogP contribution < -0.4 is 5.32 Å². The van der Waals surface area contributed by atoms with Crippen molar-refractivity contribution in [3.63, 3.8) is 0 Å². The molecule has 0 radical (unpaired) electrons. The van der Waals surface area contributed by atoms with Crippen molar-refractivity contribution >= 4 is 17.6 Å². The lowest BCUT2D eigenvalue weighted by molar-refractivity contribution is -0.111. The predicted octanol–water partition coefficient (Wildman–Crippen LogP) is 2.60. The molecule has 90 valence electrons. The maximum Gasteiger partial charge on any atom is 0.338 e. The number of aryl methyl sites for hydroxylation is 1. The number of carboxylic acid groups (broad SMARTS) is 1. The molecule has 0 atom stereocenters. The van der Waals surface area contributed by atoms with E-state index in [-0.39, 0.29) is 11.5 Å². The summed E-state index contributed by atoms with van der Waals surface area (Å²) in [6, 6.07) is 4.98. The number of aromatic carboxylic acids is 1. The Morgan fingerprint density at radius 2 is 1.94 bits per heavy atom. The molecule has 4 nitrogen and oxygen atoms in total. The van der Waals surface area contributed by atoms with Gasteiger partial charge in [-0.25, -0.2) is 4.79 Å². The number of nitrogens with one attached hydrogen (secondary N) is 1. The lowest BCUT2D eigenvalue weighted by Crippen LogP contribution is -2.13. The van der Waals surface area contributed by atoms with Gasteiger partial charge < -0.3 is 10.4 Å². The molecule has 0 fully saturated rings. The molecule has 1 rings (SSSR count). The maximum atomic E-state index is 11.5. The second kappa shape index (κ2) is 5.30. The molecular formula is C13H15NO3. The molecule has 1 aromatic carbocycles. The minimum absolute atomic E-state index is 0.128. The Morgan fingerprint density at radius 1 is 1.29 bits per heavy atom. The Morgan fingerprint density at radius 3 is 2.47 bits per heavy atom. The summed E-state index contributed by atoms with van der Waals surface area (Å²) < 4.78 is 0. The number of carbonyl (C=O) groups is 2. The average molecular weight is 233 g/mol. The van der Waals surface area contributed by atoms with Crippen LogP contribution in [0.3, 0.4) is 0 Å². The zero-order valence-electron chi connectivity index (χ0n) is 10.1. The summed E-state index contributed by atoms with van der Waals surface area (Å²) in [7, 11) is 0. The molecule has 0 saturated carbocycles. The van der Waals surface area contributed by atoms with Crippen LogP contribution in [0.5, 0.6) is 0 Å². The van der Waals surface area contributed by atoms with Gasteiger partial charge in [0.05, 0.1) is 11.3 Å². The van der Waals surface area contributed by atoms with Gasteiger partial charge in [-0.3, -0.25) is 4.79 Å². The Hall–Kier alpha value is -2.10. The predicted molar refractivity (Wildman–Crippen MR) is 66.2 cm³/mol. The highest BCUT2D eigenvalue weighted by Gasteiger charge is 2.13. The van der Waals surface area contributed by atoms with E-state index in [0.29, 0.717) is 11.3 Å². The molecule has 0 aliphatic carbocycles. The molecule has 0 aromatic heterocycles. The third kappa shape index (κ3) is 3.45. The van der Waals surface area contributed by atoms with Gasteiger partial charge in [-0.05, 0) is 32.4 Å². The fourth-order valence-electron chi connectivity index (χ4n) is 1.49. The van der Waals surface area contributed by atoms with E-state index in [1.165, 1.54) is 6.08 Å². The summed E-state index contributed by atoms with van der Waals surface area (Å²) in [6.45, 7) is 5.29. The topological polar surface area (TPSA) is 66.4 Å². The van der Waals surface area contributed by atoms with E-state index in [1.54, 1.807) is 39.0 Å². The van der Waals surface area contributed by atoms with Crippen LogP contribution in [0.25, 0.3) is 0 Å². The summed E-state index contributed by atoms with van der Waals surface area (Å²) in [5.74, 6) is -1.37. The molecule has 0 aliphatic rings. The maximum absolute atomic E-state index is 11.5. The zero-order valence-corrected chi connectivity index (χ0v) is 10.1. The average Bonchev–Trinajstić information content (AvgIpc) is 2.15. The Balaban J connectivity index is 3.07. The van der Waals surface area contributed by atoms with Gasteiger partial charge in [0.25, 0.3) is 0 Å². The van der Waals surface area contributed by atoms with Crippen molar-refractivity contribution in [3.05, 3.63) is 41.0 Å². The number of hydrogen-bond donors (Lipinski definition) is 2. The molecule has 2 N–H and O–H groups in total. The van der Waals surface area contributed by atoms with E-state index in [2.05, 4.69) is 5.32 Å². The summed E-state index contributed by atoms with van der Waals surface area (Å²) in [4.78, 5) is 22.6. The molecule has 4 heteroatoms. The lowest BCUT2D eigenvalue weighted by atomic mass is 10.1. The van der Waals surface area contributed by atoms with E-state index in [4.69, 9.17) is 5.11 Å². The van der Waals surface area contributed by atoms with Gasteiger partial charge in [-0.2, -0.15) is 0 Å². The Labute approximate surface area is 100.0 Å². The first-order chi connectivity index (χ1) is 7.91. The minimum atomic E-state index is -1.05. The summed E-state index contributed by atoms with van der Waals surface area (Å²) in [5, 5.41) is 11.6. The number of anilines is 1. The van der Waals surface area contributed by atoms with E-state index in [0.717, 1.165) is 5.57 Å². The van der Waals surface area contributed by atoms with E-state index >= 15 is 0 Å². The second-order valence-electron chi connectivity index (χ2n) is 4.01. The standard InChI is InChI=1S/C13H15NO3/c1-8(2)7-11(15)14-10-6-4-5-9(3)12(10)13(16)17/h4-7H,1-3H3,(H,14,15)(H,16,17). The number of allylic oxidation sites excluding steroid dienone is 1. The van der Waals surface area contributed by atoms with Crippen LogP contribution in [0.1, 0.15) is 29.8 Å². The van der Waals surface area contributed by atoms with Crippen molar-refractivity contribution in [1.82, 2.24) is 0 Å². The fraction of sp³-hybridized carbons (Fsp3) is 0.231. The zero-order chi connectivity index (χ0) is 13.0. The van der Waals surface area contributed by atoms with E-state index in [9.17, 15) is 9.59 Å². The molecule has 0 bridgehead atoms. The number of carbonyl (C=O) groups excluding carboxylic acids is 1. The van der Waals surface area contributed by atoms with Crippen LogP contribution in [-0.2, 0) is 4.79 Å². The molecule has 17 heavy (non-hydrogen) atoms. The molecule has 0 spiro atoms. The SMILES string of the molecule is CC(C)=CC(=O)Nc1cccc(C)c1C(=O)O. The molecule has 0 aliphatic heterocycles. The normalized spacial score (nSPS) is 9.59. The quantitative estimate of drug-likeness (QED) is 0.788. The van der Waals surface area contributed by atoms with Crippen molar-refractivity contribution in [2.24, 2.45) is 0 Å². The van der Waals surface area contributed by atoms with Crippen LogP contribution >= 0.6 is 0 Å². The Bertz CT molecular complexity index is 485. The first-order valence-electron chi connectivity index (χ1n) is 5.20. The number of benzene rings is 1. The summed E-state index contributed by atoms with van der Waals surface area (Å²) in [5.41, 5.74) is 1.92. The fourth-order valence-corrected chi connectivity index (χ4v) is 1.49. The summed E-state index contributed by atoms with van der Waals surface area (Å²) in [6.07, 6.45) is 1.42. The van der Waals surface area contributed by atoms with Gasteiger partial charge in [0.15, 0.2) is 0 Å². The van der Waals surface area contributed by atoms with Crippen LogP contribution in [0, 0.1) is 6.92 Å². The second-order valence-corrected chi connectivity index (χ2v) is 4.01. The summed E-state index contributed by atoms with van der Waals surface area (Å²) >= 11 is 0. The highest BCUT2D eigenvalue weighted by Crippen LogP contribution is 2.19. The number of carboxylic acids is 1. The number of amides is 1. The third-order valence-electron chi connectivity index (χ3n) is 2.16. The molecule has 1 aromatic rings. The smallest absolute Gasteiger partial charge is 0.338 e. The lowest BCUT2D eigenvalue weighted by Gasteiger charge is -2.09. The van der Waals surface area contributed by atoms with Gasteiger partial charge in [-0.15, -0.1) is 0 Å². The first-order valence-corrected chi connectivity index (χ1v) is 5.20. The third-order valence-corrected chi connectivity index (χ3v) is 2.16. The van der Waals surface area contributed by atoms with Crippen LogP contribution in [0.4, 0.5) is 5.69 Å². The van der Waals surface area contributed by atoms with Crippen molar-refractivity contribution in [1.29, 1.82) is 0 Å². The van der Waals surface area contributed by atoms with Crippen molar-refractivity contribution < 1.29 is 14.7 Å². The van der Waals surface area contributed by atoms with Crippen LogP contribution in [-0.4, -0.2) is 17.0 Å². The van der Waals surface area contributed by atoms with Crippen molar-refractivity contribution in [2.75, 3.05) is 5.32 Å². The van der Waals surface area contributed by atoms with Gasteiger partial charge in [0, 0.05) is 6.08 Å². The molecule has 1 amide bonds. The number of hydrogen-bond acceptors (Lipinski definition) is 2. The Kier molecular flexibility index (Phi) is 4.04. The molecular weight excluding hydrogens is 218 g/mol. The highest BCUT2D eigenvalue weighted by atomic mass is 16.4. The van der Waals surface area contributed by atoms with Crippen LogP contribution in [0.15, 0.2) is 29.8 Å². The molecule has 0 heterocycles. The van der Waals surface area contributed by atoms with E-state index in [1.807, 2.05) is 0 Å². The van der Waals surface area contributed by atoms with Gasteiger partial charge >= 0.3 is 5.97 Å². The van der Waals surface area contributed by atoms with Crippen LogP contribution in [0.2, 0.25) is 0 Å².